The molecule has 2 aromatic carbocycles. The molecule has 0 spiro atoms. The molecule has 0 aliphatic rings. The van der Waals surface area contributed by atoms with Gasteiger partial charge in [0.05, 0.1) is 0 Å². The highest BCUT2D eigenvalue weighted by Crippen LogP contribution is 2.22. The SMILES string of the molecule is CC(C)(C)c1ccc(C(=O)NC(=Cc2ccc([O-])cc2)C(=O)O)cc1. The summed E-state index contributed by atoms with van der Waals surface area (Å²) in [4.78, 5) is 23.7. The normalized spacial score (nSPS) is 11.9. The summed E-state index contributed by atoms with van der Waals surface area (Å²) < 4.78 is 0. The van der Waals surface area contributed by atoms with E-state index in [2.05, 4.69) is 26.1 Å². The Morgan fingerprint density at radius 1 is 1.00 bits per heavy atom. The zero-order valence-electron chi connectivity index (χ0n) is 14.4. The summed E-state index contributed by atoms with van der Waals surface area (Å²) in [6.07, 6.45) is 1.31. The van der Waals surface area contributed by atoms with Gasteiger partial charge in [-0.2, -0.15) is 0 Å². The highest BCUT2D eigenvalue weighted by Gasteiger charge is 2.16. The Labute approximate surface area is 146 Å². The number of amides is 1. The van der Waals surface area contributed by atoms with Crippen molar-refractivity contribution >= 4 is 18.0 Å². The van der Waals surface area contributed by atoms with Crippen LogP contribution in [0.3, 0.4) is 0 Å². The number of carboxylic acid groups (broad SMARTS) is 1. The van der Waals surface area contributed by atoms with Gasteiger partial charge >= 0.3 is 5.97 Å². The predicted molar refractivity (Wildman–Crippen MR) is 94.1 cm³/mol. The van der Waals surface area contributed by atoms with Crippen LogP contribution in [-0.4, -0.2) is 17.0 Å². The van der Waals surface area contributed by atoms with Crippen molar-refractivity contribution < 1.29 is 19.8 Å². The quantitative estimate of drug-likeness (QED) is 0.839. The van der Waals surface area contributed by atoms with Gasteiger partial charge in [0.2, 0.25) is 0 Å². The molecule has 0 aliphatic heterocycles. The van der Waals surface area contributed by atoms with E-state index in [9.17, 15) is 19.8 Å². The largest absolute Gasteiger partial charge is 0.872 e. The Hall–Kier alpha value is -3.08. The van der Waals surface area contributed by atoms with Gasteiger partial charge in [-0.05, 0) is 34.8 Å². The number of aliphatic carboxylic acids is 1. The number of benzene rings is 2. The fraction of sp³-hybridized carbons (Fsp3) is 0.200. The number of carbonyl (C=O) groups excluding carboxylic acids is 1. The standard InChI is InChI=1S/C20H21NO4/c1-20(2,3)15-8-6-14(7-9-15)18(23)21-17(19(24)25)12-13-4-10-16(22)11-5-13/h4-12,22H,1-3H3,(H,21,23)(H,24,25)/p-1. The molecule has 0 saturated carbocycles. The van der Waals surface area contributed by atoms with Crippen LogP contribution in [0.4, 0.5) is 0 Å². The molecule has 0 fully saturated rings. The van der Waals surface area contributed by atoms with Crippen LogP contribution in [0, 0.1) is 0 Å². The van der Waals surface area contributed by atoms with Crippen molar-refractivity contribution in [2.45, 2.75) is 26.2 Å². The molecule has 2 aromatic rings. The first-order valence-corrected chi connectivity index (χ1v) is 7.81. The van der Waals surface area contributed by atoms with Crippen LogP contribution in [0.2, 0.25) is 0 Å². The smallest absolute Gasteiger partial charge is 0.352 e. The number of carbonyl (C=O) groups is 2. The molecule has 25 heavy (non-hydrogen) atoms. The minimum absolute atomic E-state index is 0.0329. The molecule has 0 aliphatic carbocycles. The van der Waals surface area contributed by atoms with Gasteiger partial charge in [-0.1, -0.05) is 57.2 Å². The molecule has 0 radical (unpaired) electrons. The molecular weight excluding hydrogens is 318 g/mol. The highest BCUT2D eigenvalue weighted by molar-refractivity contribution is 6.02. The first-order valence-electron chi connectivity index (χ1n) is 7.81. The van der Waals surface area contributed by atoms with Crippen LogP contribution in [-0.2, 0) is 10.2 Å². The Bertz CT molecular complexity index is 797. The summed E-state index contributed by atoms with van der Waals surface area (Å²) in [6.45, 7) is 6.21. The van der Waals surface area contributed by atoms with Crippen molar-refractivity contribution in [3.63, 3.8) is 0 Å². The average Bonchev–Trinajstić information content (AvgIpc) is 2.55. The fourth-order valence-corrected chi connectivity index (χ4v) is 2.20. The van der Waals surface area contributed by atoms with Gasteiger partial charge in [0.15, 0.2) is 0 Å². The highest BCUT2D eigenvalue weighted by atomic mass is 16.4. The monoisotopic (exact) mass is 338 g/mol. The molecule has 0 aromatic heterocycles. The summed E-state index contributed by atoms with van der Waals surface area (Å²) in [6, 6.07) is 12.7. The summed E-state index contributed by atoms with van der Waals surface area (Å²) in [5.74, 6) is -1.93. The lowest BCUT2D eigenvalue weighted by Gasteiger charge is -2.19. The van der Waals surface area contributed by atoms with Gasteiger partial charge in [0.1, 0.15) is 5.70 Å². The molecular formula is C20H20NO4-. The number of hydrogen-bond donors (Lipinski definition) is 2. The fourth-order valence-electron chi connectivity index (χ4n) is 2.20. The zero-order valence-corrected chi connectivity index (χ0v) is 14.4. The minimum atomic E-state index is -1.26. The van der Waals surface area contributed by atoms with E-state index in [1.54, 1.807) is 12.1 Å². The molecule has 5 heteroatoms. The lowest BCUT2D eigenvalue weighted by Crippen LogP contribution is -2.27. The van der Waals surface area contributed by atoms with Crippen molar-refractivity contribution in [1.82, 2.24) is 5.32 Å². The van der Waals surface area contributed by atoms with Crippen molar-refractivity contribution in [1.29, 1.82) is 0 Å². The van der Waals surface area contributed by atoms with E-state index in [1.807, 2.05) is 12.1 Å². The minimum Gasteiger partial charge on any atom is -0.872 e. The Kier molecular flexibility index (Phi) is 5.27. The number of hydrogen-bond acceptors (Lipinski definition) is 3. The van der Waals surface area contributed by atoms with Gasteiger partial charge in [0, 0.05) is 5.56 Å². The third-order valence-corrected chi connectivity index (χ3v) is 3.68. The Morgan fingerprint density at radius 3 is 2.04 bits per heavy atom. The predicted octanol–water partition coefficient (Wildman–Crippen LogP) is 2.91. The number of carboxylic acids is 1. The van der Waals surface area contributed by atoms with E-state index in [1.165, 1.54) is 30.3 Å². The molecule has 0 bridgehead atoms. The van der Waals surface area contributed by atoms with E-state index in [-0.39, 0.29) is 16.9 Å². The van der Waals surface area contributed by atoms with E-state index in [4.69, 9.17) is 0 Å². The first-order chi connectivity index (χ1) is 11.7. The molecule has 0 unspecified atom stereocenters. The Balaban J connectivity index is 2.20. The second kappa shape index (κ2) is 7.21. The third kappa shape index (κ3) is 4.94. The molecule has 1 amide bonds. The van der Waals surface area contributed by atoms with E-state index < -0.39 is 11.9 Å². The maximum Gasteiger partial charge on any atom is 0.352 e. The summed E-state index contributed by atoms with van der Waals surface area (Å²) in [7, 11) is 0. The number of rotatable bonds is 4. The van der Waals surface area contributed by atoms with Crippen molar-refractivity contribution in [2.24, 2.45) is 0 Å². The van der Waals surface area contributed by atoms with E-state index in [0.717, 1.165) is 5.56 Å². The first kappa shape index (κ1) is 18.3. The van der Waals surface area contributed by atoms with Crippen molar-refractivity contribution in [3.05, 3.63) is 70.9 Å². The maximum atomic E-state index is 12.3. The van der Waals surface area contributed by atoms with Crippen LogP contribution in [0.25, 0.3) is 6.08 Å². The van der Waals surface area contributed by atoms with Crippen LogP contribution in [0.15, 0.2) is 54.2 Å². The van der Waals surface area contributed by atoms with E-state index in [0.29, 0.717) is 11.1 Å². The van der Waals surface area contributed by atoms with E-state index >= 15 is 0 Å². The summed E-state index contributed by atoms with van der Waals surface area (Å²) in [5.41, 5.74) is 1.67. The second-order valence-corrected chi connectivity index (χ2v) is 6.71. The molecule has 2 rings (SSSR count). The van der Waals surface area contributed by atoms with Crippen molar-refractivity contribution in [3.8, 4) is 5.75 Å². The topological polar surface area (TPSA) is 89.5 Å². The molecule has 0 atom stereocenters. The molecule has 0 heterocycles. The molecule has 2 N–H and O–H groups in total. The zero-order chi connectivity index (χ0) is 18.6. The van der Waals surface area contributed by atoms with Crippen LogP contribution in [0.1, 0.15) is 42.3 Å². The van der Waals surface area contributed by atoms with Crippen LogP contribution < -0.4 is 10.4 Å². The summed E-state index contributed by atoms with van der Waals surface area (Å²) >= 11 is 0. The second-order valence-electron chi connectivity index (χ2n) is 6.71. The molecule has 0 saturated heterocycles. The lowest BCUT2D eigenvalue weighted by molar-refractivity contribution is -0.268. The van der Waals surface area contributed by atoms with Gasteiger partial charge in [-0.3, -0.25) is 4.79 Å². The maximum absolute atomic E-state index is 12.3. The van der Waals surface area contributed by atoms with Gasteiger partial charge in [-0.25, -0.2) is 4.79 Å². The average molecular weight is 338 g/mol. The van der Waals surface area contributed by atoms with Gasteiger partial charge in [0.25, 0.3) is 5.91 Å². The van der Waals surface area contributed by atoms with Gasteiger partial charge < -0.3 is 15.5 Å². The van der Waals surface area contributed by atoms with Crippen LogP contribution in [0.5, 0.6) is 5.75 Å². The van der Waals surface area contributed by atoms with Gasteiger partial charge in [-0.15, -0.1) is 5.75 Å². The van der Waals surface area contributed by atoms with Crippen LogP contribution >= 0.6 is 0 Å². The summed E-state index contributed by atoms with van der Waals surface area (Å²) in [5, 5.41) is 22.8. The lowest BCUT2D eigenvalue weighted by atomic mass is 9.87. The Morgan fingerprint density at radius 2 is 1.56 bits per heavy atom. The number of nitrogens with one attached hydrogen (secondary N) is 1. The molecule has 130 valence electrons. The molecule has 5 nitrogen and oxygen atoms in total. The third-order valence-electron chi connectivity index (χ3n) is 3.68. The van der Waals surface area contributed by atoms with Crippen molar-refractivity contribution in [2.75, 3.05) is 0 Å².